The number of hydrogen-bond acceptors (Lipinski definition) is 3. The molecule has 0 aliphatic carbocycles. The molecule has 8 heteroatoms. The van der Waals surface area contributed by atoms with Crippen LogP contribution in [-0.4, -0.2) is 84.3 Å². The van der Waals surface area contributed by atoms with Crippen LogP contribution in [0.4, 0.5) is 0 Å². The van der Waals surface area contributed by atoms with Crippen LogP contribution in [0.3, 0.4) is 0 Å². The quantitative estimate of drug-likeness (QED) is 0.281. The highest BCUT2D eigenvalue weighted by atomic mass is 127. The fraction of sp³-hybridized carbons (Fsp3) is 0.722. The number of nitrogens with one attached hydrogen (secondary N) is 1. The Morgan fingerprint density at radius 3 is 2.38 bits per heavy atom. The van der Waals surface area contributed by atoms with E-state index in [0.29, 0.717) is 19.0 Å². The first-order valence-electron chi connectivity index (χ1n) is 8.65. The van der Waals surface area contributed by atoms with Gasteiger partial charge in [-0.3, -0.25) is 9.59 Å². The van der Waals surface area contributed by atoms with Gasteiger partial charge >= 0.3 is 0 Å². The molecule has 0 spiro atoms. The standard InChI is InChI=1S/C18H33N5O2.HI/c1-13(2)9-19-17(20-10-15(24)21(7)8)22-11-16(25)23(14(3)4)18(5,6)12-22;/h14H,1,9-12H2,2-8H3,(H,19,20);1H. The van der Waals surface area contributed by atoms with Crippen molar-refractivity contribution >= 4 is 41.8 Å². The van der Waals surface area contributed by atoms with Crippen molar-refractivity contribution in [2.45, 2.75) is 46.2 Å². The number of carbonyl (C=O) groups is 2. The molecule has 1 aliphatic rings. The van der Waals surface area contributed by atoms with Crippen LogP contribution in [0.2, 0.25) is 0 Å². The monoisotopic (exact) mass is 479 g/mol. The predicted molar refractivity (Wildman–Crippen MR) is 117 cm³/mol. The van der Waals surface area contributed by atoms with Crippen LogP contribution in [0.15, 0.2) is 17.1 Å². The van der Waals surface area contributed by atoms with Crippen LogP contribution in [0, 0.1) is 0 Å². The Kier molecular flexibility index (Phi) is 9.61. The summed E-state index contributed by atoms with van der Waals surface area (Å²) in [6, 6.07) is 0.142. The summed E-state index contributed by atoms with van der Waals surface area (Å²) >= 11 is 0. The number of likely N-dealkylation sites (N-methyl/N-ethyl adjacent to an activating group) is 1. The minimum absolute atomic E-state index is 0. The van der Waals surface area contributed by atoms with E-state index in [0.717, 1.165) is 5.57 Å². The lowest BCUT2D eigenvalue weighted by molar-refractivity contribution is -0.145. The van der Waals surface area contributed by atoms with Gasteiger partial charge < -0.3 is 20.0 Å². The molecule has 0 bridgehead atoms. The highest BCUT2D eigenvalue weighted by Crippen LogP contribution is 2.24. The van der Waals surface area contributed by atoms with Crippen molar-refractivity contribution in [3.8, 4) is 0 Å². The second-order valence-corrected chi connectivity index (χ2v) is 7.76. The molecule has 0 unspecified atom stereocenters. The first kappa shape index (κ1) is 24.7. The number of aliphatic imine (C=N–C) groups is 1. The molecule has 0 aromatic heterocycles. The fourth-order valence-electron chi connectivity index (χ4n) is 3.09. The number of piperazine rings is 1. The molecule has 1 aliphatic heterocycles. The zero-order valence-electron chi connectivity index (χ0n) is 17.1. The Balaban J connectivity index is 0.00000625. The van der Waals surface area contributed by atoms with E-state index < -0.39 is 0 Å². The molecule has 2 amide bonds. The lowest BCUT2D eigenvalue weighted by Gasteiger charge is -2.49. The highest BCUT2D eigenvalue weighted by Gasteiger charge is 2.40. The average molecular weight is 479 g/mol. The van der Waals surface area contributed by atoms with Gasteiger partial charge in [0, 0.05) is 33.2 Å². The van der Waals surface area contributed by atoms with Crippen LogP contribution >= 0.6 is 24.0 Å². The number of halogens is 1. The van der Waals surface area contributed by atoms with Crippen molar-refractivity contribution in [3.05, 3.63) is 12.2 Å². The molecular formula is C18H34IN5O2. The van der Waals surface area contributed by atoms with Crippen LogP contribution in [0.25, 0.3) is 0 Å². The molecule has 1 N–H and O–H groups in total. The number of carbonyl (C=O) groups excluding carboxylic acids is 2. The Bertz CT molecular complexity index is 558. The minimum atomic E-state index is -0.319. The Morgan fingerprint density at radius 2 is 1.96 bits per heavy atom. The summed E-state index contributed by atoms with van der Waals surface area (Å²) in [7, 11) is 3.40. The molecule has 7 nitrogen and oxygen atoms in total. The van der Waals surface area contributed by atoms with E-state index in [1.54, 1.807) is 14.1 Å². The van der Waals surface area contributed by atoms with Gasteiger partial charge in [-0.1, -0.05) is 12.2 Å². The first-order chi connectivity index (χ1) is 11.5. The van der Waals surface area contributed by atoms with Gasteiger partial charge in [0.1, 0.15) is 6.54 Å². The largest absolute Gasteiger partial charge is 0.352 e. The first-order valence-corrected chi connectivity index (χ1v) is 8.65. The molecule has 0 atom stereocenters. The zero-order valence-corrected chi connectivity index (χ0v) is 19.5. The van der Waals surface area contributed by atoms with Crippen molar-refractivity contribution in [3.63, 3.8) is 0 Å². The van der Waals surface area contributed by atoms with E-state index in [9.17, 15) is 9.59 Å². The van der Waals surface area contributed by atoms with Gasteiger partial charge in [0.05, 0.1) is 12.1 Å². The molecule has 150 valence electrons. The second kappa shape index (κ2) is 10.1. The lowest BCUT2D eigenvalue weighted by atomic mass is 9.96. The fourth-order valence-corrected chi connectivity index (χ4v) is 3.09. The third-order valence-corrected chi connectivity index (χ3v) is 4.05. The Labute approximate surface area is 174 Å². The van der Waals surface area contributed by atoms with Gasteiger partial charge in [-0.25, -0.2) is 4.99 Å². The van der Waals surface area contributed by atoms with E-state index in [1.165, 1.54) is 4.90 Å². The molecule has 0 aromatic rings. The predicted octanol–water partition coefficient (Wildman–Crippen LogP) is 1.55. The SMILES string of the molecule is C=C(C)CNC(=NCC(=O)N(C)C)N1CC(=O)N(C(C)C)C(C)(C)C1.I. The molecule has 1 heterocycles. The van der Waals surface area contributed by atoms with Crippen molar-refractivity contribution in [1.82, 2.24) is 20.0 Å². The van der Waals surface area contributed by atoms with Gasteiger partial charge in [0.2, 0.25) is 11.8 Å². The second-order valence-electron chi connectivity index (χ2n) is 7.76. The van der Waals surface area contributed by atoms with Crippen molar-refractivity contribution in [2.75, 3.05) is 40.3 Å². The van der Waals surface area contributed by atoms with Gasteiger partial charge in [-0.2, -0.15) is 0 Å². The van der Waals surface area contributed by atoms with Crippen molar-refractivity contribution in [1.29, 1.82) is 0 Å². The number of nitrogens with zero attached hydrogens (tertiary/aromatic N) is 4. The summed E-state index contributed by atoms with van der Waals surface area (Å²) in [6.07, 6.45) is 0. The molecule has 0 aromatic carbocycles. The van der Waals surface area contributed by atoms with Gasteiger partial charge in [0.25, 0.3) is 0 Å². The summed E-state index contributed by atoms with van der Waals surface area (Å²) in [6.45, 7) is 15.5. The molecule has 26 heavy (non-hydrogen) atoms. The van der Waals surface area contributed by atoms with Crippen molar-refractivity contribution < 1.29 is 9.59 Å². The third kappa shape index (κ3) is 6.77. The Hall–Kier alpha value is -1.32. The average Bonchev–Trinajstić information content (AvgIpc) is 2.43. The zero-order chi connectivity index (χ0) is 19.4. The van der Waals surface area contributed by atoms with E-state index in [4.69, 9.17) is 0 Å². The number of rotatable bonds is 5. The molecule has 0 radical (unpaired) electrons. The highest BCUT2D eigenvalue weighted by molar-refractivity contribution is 14.0. The van der Waals surface area contributed by atoms with Crippen LogP contribution in [-0.2, 0) is 9.59 Å². The molecule has 1 rings (SSSR count). The summed E-state index contributed by atoms with van der Waals surface area (Å²) in [5.41, 5.74) is 0.638. The number of guanidine groups is 1. The Morgan fingerprint density at radius 1 is 1.38 bits per heavy atom. The normalized spacial score (nSPS) is 17.1. The van der Waals surface area contributed by atoms with E-state index in [-0.39, 0.29) is 60.5 Å². The maximum Gasteiger partial charge on any atom is 0.243 e. The minimum Gasteiger partial charge on any atom is -0.352 e. The van der Waals surface area contributed by atoms with Gasteiger partial charge in [-0.15, -0.1) is 24.0 Å². The number of amides is 2. The van der Waals surface area contributed by atoms with Crippen LogP contribution < -0.4 is 5.32 Å². The topological polar surface area (TPSA) is 68.2 Å². The van der Waals surface area contributed by atoms with Crippen molar-refractivity contribution in [2.24, 2.45) is 4.99 Å². The van der Waals surface area contributed by atoms with Gasteiger partial charge in [-0.05, 0) is 34.6 Å². The van der Waals surface area contributed by atoms with E-state index in [2.05, 4.69) is 30.7 Å². The van der Waals surface area contributed by atoms with Gasteiger partial charge in [0.15, 0.2) is 5.96 Å². The van der Waals surface area contributed by atoms with Crippen LogP contribution in [0.5, 0.6) is 0 Å². The van der Waals surface area contributed by atoms with E-state index >= 15 is 0 Å². The maximum absolute atomic E-state index is 12.7. The summed E-state index contributed by atoms with van der Waals surface area (Å²) < 4.78 is 0. The molecule has 1 saturated heterocycles. The van der Waals surface area contributed by atoms with Crippen LogP contribution in [0.1, 0.15) is 34.6 Å². The summed E-state index contributed by atoms with van der Waals surface area (Å²) in [5.74, 6) is 0.555. The third-order valence-electron chi connectivity index (χ3n) is 4.05. The number of hydrogen-bond donors (Lipinski definition) is 1. The molecule has 0 saturated carbocycles. The summed E-state index contributed by atoms with van der Waals surface area (Å²) in [4.78, 5) is 34.3. The van der Waals surface area contributed by atoms with E-state index in [1.807, 2.05) is 30.6 Å². The molecule has 1 fully saturated rings. The smallest absolute Gasteiger partial charge is 0.243 e. The summed E-state index contributed by atoms with van der Waals surface area (Å²) in [5, 5.41) is 3.22. The maximum atomic E-state index is 12.7. The lowest BCUT2D eigenvalue weighted by Crippen LogP contribution is -2.66. The molecular weight excluding hydrogens is 445 g/mol.